The summed E-state index contributed by atoms with van der Waals surface area (Å²) in [6.45, 7) is 5.58. The molecule has 0 aliphatic carbocycles. The zero-order valence-electron chi connectivity index (χ0n) is 12.2. The van der Waals surface area contributed by atoms with Gasteiger partial charge in [0.2, 0.25) is 0 Å². The van der Waals surface area contributed by atoms with Gasteiger partial charge in [-0.3, -0.25) is 0 Å². The maximum atomic E-state index is 13.3. The third kappa shape index (κ3) is 4.45. The molecule has 0 aliphatic rings. The fourth-order valence-corrected chi connectivity index (χ4v) is 2.18. The SMILES string of the molecule is CCCNCc1cc(Cl)ccc1Oc1cc(F)ccc1C. The second-order valence-electron chi connectivity index (χ2n) is 4.94. The summed E-state index contributed by atoms with van der Waals surface area (Å²) in [6.07, 6.45) is 1.06. The number of aryl methyl sites for hydroxylation is 1. The zero-order chi connectivity index (χ0) is 15.2. The smallest absolute Gasteiger partial charge is 0.133 e. The van der Waals surface area contributed by atoms with E-state index >= 15 is 0 Å². The molecule has 0 aliphatic heterocycles. The van der Waals surface area contributed by atoms with E-state index in [2.05, 4.69) is 12.2 Å². The van der Waals surface area contributed by atoms with Crippen molar-refractivity contribution >= 4 is 11.6 Å². The lowest BCUT2D eigenvalue weighted by atomic mass is 10.2. The highest BCUT2D eigenvalue weighted by molar-refractivity contribution is 6.30. The van der Waals surface area contributed by atoms with Crippen LogP contribution in [-0.4, -0.2) is 6.54 Å². The van der Waals surface area contributed by atoms with Crippen molar-refractivity contribution in [3.8, 4) is 11.5 Å². The van der Waals surface area contributed by atoms with Crippen molar-refractivity contribution < 1.29 is 9.13 Å². The first-order chi connectivity index (χ1) is 10.1. The summed E-state index contributed by atoms with van der Waals surface area (Å²) in [5, 5.41) is 3.98. The molecule has 1 N–H and O–H groups in total. The predicted molar refractivity (Wildman–Crippen MR) is 84.7 cm³/mol. The Bertz CT molecular complexity index is 616. The van der Waals surface area contributed by atoms with Gasteiger partial charge < -0.3 is 10.1 Å². The molecular formula is C17H19ClFNO. The van der Waals surface area contributed by atoms with Crippen molar-refractivity contribution in [2.75, 3.05) is 6.54 Å². The highest BCUT2D eigenvalue weighted by Crippen LogP contribution is 2.30. The van der Waals surface area contributed by atoms with Gasteiger partial charge in [0, 0.05) is 23.2 Å². The molecule has 0 heterocycles. The van der Waals surface area contributed by atoms with Gasteiger partial charge in [-0.2, -0.15) is 0 Å². The number of halogens is 2. The normalized spacial score (nSPS) is 10.7. The maximum absolute atomic E-state index is 13.3. The molecule has 112 valence electrons. The van der Waals surface area contributed by atoms with Crippen LogP contribution in [0.4, 0.5) is 4.39 Å². The van der Waals surface area contributed by atoms with Crippen LogP contribution in [0.15, 0.2) is 36.4 Å². The first-order valence-electron chi connectivity index (χ1n) is 7.03. The van der Waals surface area contributed by atoms with Crippen LogP contribution in [0.1, 0.15) is 24.5 Å². The minimum atomic E-state index is -0.310. The van der Waals surface area contributed by atoms with Crippen LogP contribution in [-0.2, 0) is 6.54 Å². The first-order valence-corrected chi connectivity index (χ1v) is 7.41. The molecule has 0 saturated carbocycles. The van der Waals surface area contributed by atoms with Crippen molar-refractivity contribution in [3.05, 3.63) is 58.4 Å². The lowest BCUT2D eigenvalue weighted by molar-refractivity contribution is 0.464. The third-order valence-corrected chi connectivity index (χ3v) is 3.37. The summed E-state index contributed by atoms with van der Waals surface area (Å²) in [5.41, 5.74) is 1.85. The van der Waals surface area contributed by atoms with Gasteiger partial charge in [0.1, 0.15) is 17.3 Å². The molecule has 2 rings (SSSR count). The minimum Gasteiger partial charge on any atom is -0.457 e. The second-order valence-corrected chi connectivity index (χ2v) is 5.38. The monoisotopic (exact) mass is 307 g/mol. The van der Waals surface area contributed by atoms with E-state index in [1.165, 1.54) is 12.1 Å². The van der Waals surface area contributed by atoms with E-state index in [9.17, 15) is 4.39 Å². The first kappa shape index (κ1) is 15.8. The number of nitrogens with one attached hydrogen (secondary N) is 1. The Labute approximate surface area is 129 Å². The average molecular weight is 308 g/mol. The zero-order valence-corrected chi connectivity index (χ0v) is 13.0. The van der Waals surface area contributed by atoms with E-state index in [4.69, 9.17) is 16.3 Å². The minimum absolute atomic E-state index is 0.310. The fourth-order valence-electron chi connectivity index (χ4n) is 1.99. The van der Waals surface area contributed by atoms with Gasteiger partial charge in [0.05, 0.1) is 0 Å². The van der Waals surface area contributed by atoms with Crippen molar-refractivity contribution in [3.63, 3.8) is 0 Å². The summed E-state index contributed by atoms with van der Waals surface area (Å²) < 4.78 is 19.2. The molecule has 4 heteroatoms. The Morgan fingerprint density at radius 1 is 1.14 bits per heavy atom. The Kier molecular flexibility index (Phi) is 5.59. The maximum Gasteiger partial charge on any atom is 0.133 e. The third-order valence-electron chi connectivity index (χ3n) is 3.13. The Hall–Kier alpha value is -1.58. The number of benzene rings is 2. The second kappa shape index (κ2) is 7.43. The lowest BCUT2D eigenvalue weighted by Gasteiger charge is -2.14. The molecule has 0 fully saturated rings. The van der Waals surface area contributed by atoms with Crippen LogP contribution in [0.2, 0.25) is 5.02 Å². The topological polar surface area (TPSA) is 21.3 Å². The van der Waals surface area contributed by atoms with Crippen LogP contribution in [0.3, 0.4) is 0 Å². The molecule has 0 atom stereocenters. The molecule has 0 bridgehead atoms. The molecule has 2 aromatic carbocycles. The highest BCUT2D eigenvalue weighted by Gasteiger charge is 2.08. The van der Waals surface area contributed by atoms with Crippen LogP contribution < -0.4 is 10.1 Å². The van der Waals surface area contributed by atoms with Gasteiger partial charge in [0.15, 0.2) is 0 Å². The summed E-state index contributed by atoms with van der Waals surface area (Å²) in [6, 6.07) is 9.98. The van der Waals surface area contributed by atoms with Gasteiger partial charge in [-0.05, 0) is 49.7 Å². The van der Waals surface area contributed by atoms with Crippen LogP contribution in [0.25, 0.3) is 0 Å². The molecule has 2 aromatic rings. The van der Waals surface area contributed by atoms with Gasteiger partial charge in [-0.25, -0.2) is 4.39 Å². The van der Waals surface area contributed by atoms with Crippen LogP contribution in [0.5, 0.6) is 11.5 Å². The number of hydrogen-bond donors (Lipinski definition) is 1. The number of hydrogen-bond acceptors (Lipinski definition) is 2. The van der Waals surface area contributed by atoms with Gasteiger partial charge in [-0.15, -0.1) is 0 Å². The number of ether oxygens (including phenoxy) is 1. The van der Waals surface area contributed by atoms with Gasteiger partial charge >= 0.3 is 0 Å². The van der Waals surface area contributed by atoms with Gasteiger partial charge in [0.25, 0.3) is 0 Å². The molecule has 2 nitrogen and oxygen atoms in total. The lowest BCUT2D eigenvalue weighted by Crippen LogP contribution is -2.14. The van der Waals surface area contributed by atoms with Crippen molar-refractivity contribution in [1.29, 1.82) is 0 Å². The van der Waals surface area contributed by atoms with E-state index in [0.717, 1.165) is 24.1 Å². The van der Waals surface area contributed by atoms with Crippen molar-refractivity contribution in [1.82, 2.24) is 5.32 Å². The Morgan fingerprint density at radius 3 is 2.71 bits per heavy atom. The Balaban J connectivity index is 2.24. The van der Waals surface area contributed by atoms with E-state index < -0.39 is 0 Å². The molecule has 21 heavy (non-hydrogen) atoms. The predicted octanol–water partition coefficient (Wildman–Crippen LogP) is 5.08. The van der Waals surface area contributed by atoms with Gasteiger partial charge in [-0.1, -0.05) is 24.6 Å². The Morgan fingerprint density at radius 2 is 1.95 bits per heavy atom. The quantitative estimate of drug-likeness (QED) is 0.751. The van der Waals surface area contributed by atoms with E-state index in [1.54, 1.807) is 12.1 Å². The molecule has 0 saturated heterocycles. The summed E-state index contributed by atoms with van der Waals surface area (Å²) >= 11 is 6.05. The number of rotatable bonds is 6. The van der Waals surface area contributed by atoms with Crippen molar-refractivity contribution in [2.45, 2.75) is 26.8 Å². The fraction of sp³-hybridized carbons (Fsp3) is 0.294. The van der Waals surface area contributed by atoms with E-state index in [1.807, 2.05) is 19.1 Å². The van der Waals surface area contributed by atoms with Crippen molar-refractivity contribution in [2.24, 2.45) is 0 Å². The molecule has 0 amide bonds. The molecule has 0 aromatic heterocycles. The van der Waals surface area contributed by atoms with E-state index in [-0.39, 0.29) is 5.82 Å². The molecule has 0 unspecified atom stereocenters. The largest absolute Gasteiger partial charge is 0.457 e. The summed E-state index contributed by atoms with van der Waals surface area (Å²) in [4.78, 5) is 0. The van der Waals surface area contributed by atoms with E-state index in [0.29, 0.717) is 23.1 Å². The average Bonchev–Trinajstić information content (AvgIpc) is 2.46. The molecule has 0 radical (unpaired) electrons. The molecule has 0 spiro atoms. The van der Waals surface area contributed by atoms with Crippen LogP contribution in [0, 0.1) is 12.7 Å². The highest BCUT2D eigenvalue weighted by atomic mass is 35.5. The summed E-state index contributed by atoms with van der Waals surface area (Å²) in [7, 11) is 0. The standard InChI is InChI=1S/C17H19ClFNO/c1-3-8-20-11-13-9-14(18)5-7-16(13)21-17-10-15(19)6-4-12(17)2/h4-7,9-10,20H,3,8,11H2,1-2H3. The van der Waals surface area contributed by atoms with Crippen LogP contribution >= 0.6 is 11.6 Å². The summed E-state index contributed by atoms with van der Waals surface area (Å²) in [5.74, 6) is 0.904. The molecular weight excluding hydrogens is 289 g/mol.